The molecule has 4 N–H and O–H groups in total. The van der Waals surface area contributed by atoms with Gasteiger partial charge in [0.25, 0.3) is 5.69 Å². The minimum absolute atomic E-state index is 0.0849. The Labute approximate surface area is 303 Å². The topological polar surface area (TPSA) is 235 Å². The van der Waals surface area contributed by atoms with Gasteiger partial charge in [-0.15, -0.1) is 0 Å². The molecule has 0 bridgehead atoms. The van der Waals surface area contributed by atoms with Gasteiger partial charge in [-0.05, 0) is 47.3 Å². The fraction of sp³-hybridized carbons (Fsp3) is 0.250. The number of nitro benzene ring substituents is 1. The summed E-state index contributed by atoms with van der Waals surface area (Å²) in [5, 5.41) is 30.7. The van der Waals surface area contributed by atoms with Crippen LogP contribution in [0.5, 0.6) is 17.2 Å². The van der Waals surface area contributed by atoms with Gasteiger partial charge in [-0.3, -0.25) is 20.2 Å². The van der Waals surface area contributed by atoms with Crippen LogP contribution in [0.1, 0.15) is 20.7 Å². The average molecular weight is 808 g/mol. The van der Waals surface area contributed by atoms with Gasteiger partial charge in [0.2, 0.25) is 0 Å². The minimum atomic E-state index is -4.35. The van der Waals surface area contributed by atoms with Gasteiger partial charge in [-0.25, -0.2) is 9.59 Å². The molecule has 0 aliphatic rings. The lowest BCUT2D eigenvalue weighted by Gasteiger charge is -2.14. The van der Waals surface area contributed by atoms with E-state index < -0.39 is 43.3 Å². The van der Waals surface area contributed by atoms with Crippen LogP contribution in [0.25, 0.3) is 0 Å². The fourth-order valence-corrected chi connectivity index (χ4v) is 4.24. The molecule has 1 atom stereocenters. The van der Waals surface area contributed by atoms with Crippen LogP contribution in [-0.2, 0) is 25.0 Å². The van der Waals surface area contributed by atoms with Gasteiger partial charge in [0, 0.05) is 17.2 Å². The molecule has 0 spiro atoms. The van der Waals surface area contributed by atoms with Crippen molar-refractivity contribution in [3.63, 3.8) is 0 Å². The third kappa shape index (κ3) is 18.3. The quantitative estimate of drug-likeness (QED) is 0.0620. The van der Waals surface area contributed by atoms with Gasteiger partial charge in [0.05, 0.1) is 65.8 Å². The first kappa shape index (κ1) is 45.7. The zero-order valence-corrected chi connectivity index (χ0v) is 31.0. The molecule has 0 fully saturated rings. The summed E-state index contributed by atoms with van der Waals surface area (Å²) in [5.74, 6) is -2.58. The number of nitrogens with zero attached hydrogens (tertiary/aromatic N) is 1. The van der Waals surface area contributed by atoms with Crippen LogP contribution in [0.3, 0.4) is 0 Å². The van der Waals surface area contributed by atoms with Gasteiger partial charge in [-0.1, -0.05) is 46.4 Å². The monoisotopic (exact) mass is 806 g/mol. The van der Waals surface area contributed by atoms with E-state index in [2.05, 4.69) is 23.5 Å². The van der Waals surface area contributed by atoms with Crippen LogP contribution >= 0.6 is 54.0 Å². The van der Waals surface area contributed by atoms with Crippen LogP contribution in [0.2, 0.25) is 20.1 Å². The van der Waals surface area contributed by atoms with E-state index in [0.29, 0.717) is 21.7 Å². The van der Waals surface area contributed by atoms with Crippen molar-refractivity contribution in [1.29, 1.82) is 0 Å². The van der Waals surface area contributed by atoms with Crippen molar-refractivity contribution < 1.29 is 58.1 Å². The highest BCUT2D eigenvalue weighted by molar-refractivity contribution is 7.94. The van der Waals surface area contributed by atoms with E-state index in [4.69, 9.17) is 71.0 Å². The molecule has 0 radical (unpaired) electrons. The van der Waals surface area contributed by atoms with Gasteiger partial charge in [-0.2, -0.15) is 0 Å². The van der Waals surface area contributed by atoms with Crippen molar-refractivity contribution in [2.24, 2.45) is 0 Å². The highest BCUT2D eigenvalue weighted by atomic mass is 35.5. The molecule has 0 amide bonds. The molecule has 3 rings (SSSR count). The molecule has 0 aromatic heterocycles. The minimum Gasteiger partial charge on any atom is -0.778 e. The van der Waals surface area contributed by atoms with Crippen molar-refractivity contribution in [3.05, 3.63) is 89.9 Å². The number of aliphatic carboxylic acids is 1. The molecule has 0 saturated heterocycles. The second kappa shape index (κ2) is 22.4. The number of esters is 1. The molecule has 3 aromatic carbocycles. The molecule has 0 aliphatic carbocycles. The number of carbonyl (C=O) groups is 3. The lowest BCUT2D eigenvalue weighted by Crippen LogP contribution is -2.25. The fourth-order valence-electron chi connectivity index (χ4n) is 2.93. The first-order valence-electron chi connectivity index (χ1n) is 12.8. The third-order valence-electron chi connectivity index (χ3n) is 4.76. The summed E-state index contributed by atoms with van der Waals surface area (Å²) >= 11 is 23.1. The zero-order valence-electron chi connectivity index (χ0n) is 26.3. The number of carbonyl (C=O) groups excluding carboxylic acids is 1. The summed E-state index contributed by atoms with van der Waals surface area (Å²) in [4.78, 5) is 60.4. The maximum Gasteiger partial charge on any atom is 0.345 e. The number of nitrogens with one attached hydrogen (secondary N) is 1. The first-order chi connectivity index (χ1) is 22.6. The number of carboxylic acids is 2. The number of methoxy groups -OCH3 is 2. The molecule has 49 heavy (non-hydrogen) atoms. The van der Waals surface area contributed by atoms with Crippen LogP contribution in [0, 0.1) is 10.1 Å². The smallest absolute Gasteiger partial charge is 0.345 e. The average Bonchev–Trinajstić information content (AvgIpc) is 2.98. The molecule has 21 heteroatoms. The standard InChI is InChI=1S/C14H9Cl2NO5.C8H6Cl2O3.C3H8NO5P.C3H9S/c1-21-14(18)10-7-9(3-4-12(10)17(19)20)22-13-5-2-8(15)6-11(13)16;1-13-7-5(10)3-2-4(9)6(7)8(11)12;5-3(6)1-4-2-10(7,8)9;1-4(2)3/h2-7H,1H3;2-3H,1H3,(H,11,12);4H,1-2H2,(H,5,6)(H2,7,8,9);1-3H3/q;;;+1/p-1. The van der Waals surface area contributed by atoms with E-state index >= 15 is 0 Å². The number of halogens is 4. The largest absolute Gasteiger partial charge is 0.778 e. The maximum atomic E-state index is 11.6. The molecule has 1 unspecified atom stereocenters. The third-order valence-corrected chi connectivity index (χ3v) is 6.52. The molecular weight excluding hydrogens is 777 g/mol. The van der Waals surface area contributed by atoms with Crippen molar-refractivity contribution in [2.75, 3.05) is 45.8 Å². The van der Waals surface area contributed by atoms with Crippen LogP contribution in [0.15, 0.2) is 48.5 Å². The Morgan fingerprint density at radius 2 is 1.51 bits per heavy atom. The number of ether oxygens (including phenoxy) is 3. The lowest BCUT2D eigenvalue weighted by atomic mass is 10.1. The second-order valence-electron chi connectivity index (χ2n) is 9.19. The van der Waals surface area contributed by atoms with E-state index in [-0.39, 0.29) is 43.4 Å². The van der Waals surface area contributed by atoms with Gasteiger partial charge in [0.1, 0.15) is 30.2 Å². The predicted octanol–water partition coefficient (Wildman–Crippen LogP) is 5.84. The maximum absolute atomic E-state index is 11.6. The van der Waals surface area contributed by atoms with Crippen LogP contribution in [-0.4, -0.2) is 83.8 Å². The van der Waals surface area contributed by atoms with E-state index in [1.807, 2.05) is 5.32 Å². The number of hydrogen-bond acceptors (Lipinski definition) is 11. The second-order valence-corrected chi connectivity index (χ2v) is 14.9. The summed E-state index contributed by atoms with van der Waals surface area (Å²) in [6.07, 6.45) is 5.87. The number of hydrogen-bond donors (Lipinski definition) is 4. The van der Waals surface area contributed by atoms with Crippen LogP contribution in [0.4, 0.5) is 5.69 Å². The van der Waals surface area contributed by atoms with Gasteiger partial charge in [0.15, 0.2) is 5.75 Å². The Bertz CT molecular complexity index is 1660. The van der Waals surface area contributed by atoms with E-state index in [1.165, 1.54) is 37.4 Å². The normalized spacial score (nSPS) is 11.2. The Morgan fingerprint density at radius 1 is 0.939 bits per heavy atom. The number of benzene rings is 3. The summed E-state index contributed by atoms with van der Waals surface area (Å²) in [6, 6.07) is 11.2. The highest BCUT2D eigenvalue weighted by Gasteiger charge is 2.22. The van der Waals surface area contributed by atoms with E-state index in [0.717, 1.165) is 13.2 Å². The summed E-state index contributed by atoms with van der Waals surface area (Å²) in [5.41, 5.74) is -0.701. The highest BCUT2D eigenvalue weighted by Crippen LogP contribution is 2.35. The number of carboxylic acid groups (broad SMARTS) is 2. The van der Waals surface area contributed by atoms with Crippen molar-refractivity contribution in [3.8, 4) is 17.2 Å². The molecule has 15 nitrogen and oxygen atoms in total. The lowest BCUT2D eigenvalue weighted by molar-refractivity contribution is -0.385. The number of aromatic carboxylic acids is 1. The molecular formula is C28H31Cl4N2O13PS. The number of nitro groups is 1. The Balaban J connectivity index is 0.000000725. The van der Waals surface area contributed by atoms with Crippen molar-refractivity contribution in [2.45, 2.75) is 0 Å². The molecule has 0 saturated carbocycles. The van der Waals surface area contributed by atoms with Gasteiger partial charge >= 0.3 is 17.9 Å². The van der Waals surface area contributed by atoms with Crippen LogP contribution < -0.4 is 19.7 Å². The Kier molecular flexibility index (Phi) is 20.9. The summed E-state index contributed by atoms with van der Waals surface area (Å²) in [6.45, 7) is -0.479. The summed E-state index contributed by atoms with van der Waals surface area (Å²) < 4.78 is 24.8. The van der Waals surface area contributed by atoms with Crippen molar-refractivity contribution >= 4 is 88.5 Å². The Morgan fingerprint density at radius 3 is 1.94 bits per heavy atom. The molecule has 3 aromatic rings. The van der Waals surface area contributed by atoms with E-state index in [1.54, 1.807) is 12.1 Å². The first-order valence-corrected chi connectivity index (χ1v) is 18.6. The molecule has 270 valence electrons. The molecule has 0 heterocycles. The van der Waals surface area contributed by atoms with Crippen molar-refractivity contribution in [1.82, 2.24) is 5.32 Å². The summed E-state index contributed by atoms with van der Waals surface area (Å²) in [7, 11) is -1.24. The Hall–Kier alpha value is -3.31. The number of rotatable bonds is 10. The predicted molar refractivity (Wildman–Crippen MR) is 186 cm³/mol. The molecule has 0 aliphatic heterocycles. The van der Waals surface area contributed by atoms with E-state index in [9.17, 15) is 34.0 Å². The SMILES string of the molecule is COC(=O)c1cc(Oc2ccc(Cl)cc2Cl)ccc1[N+](=O)[O-].COc1c(Cl)ccc(Cl)c1C(=O)O.C[S+](C)C.O=C(O)CNCP(=O)([O-])O. The van der Waals surface area contributed by atoms with Gasteiger partial charge < -0.3 is 38.8 Å². The zero-order chi connectivity index (χ0) is 38.1.